The standard InChI is InChI=1S/C12H21N3O2/c1-6-14-12(4,11(16)17-5)7-15-8-13-9(2)10(15)3/h8,14H,6-7H2,1-5H3. The molecule has 1 rings (SSSR count). The fourth-order valence-corrected chi connectivity index (χ4v) is 1.85. The Hall–Kier alpha value is -1.36. The summed E-state index contributed by atoms with van der Waals surface area (Å²) in [4.78, 5) is 16.1. The fourth-order valence-electron chi connectivity index (χ4n) is 1.85. The molecule has 1 atom stereocenters. The summed E-state index contributed by atoms with van der Waals surface area (Å²) in [6.07, 6.45) is 1.75. The van der Waals surface area contributed by atoms with Gasteiger partial charge in [0.25, 0.3) is 0 Å². The molecule has 0 saturated heterocycles. The SMILES string of the molecule is CCNC(C)(Cn1cnc(C)c1C)C(=O)OC. The van der Waals surface area contributed by atoms with Gasteiger partial charge in [0, 0.05) is 5.69 Å². The van der Waals surface area contributed by atoms with Gasteiger partial charge in [0.2, 0.25) is 0 Å². The Bertz CT molecular complexity index is 400. The van der Waals surface area contributed by atoms with E-state index in [1.807, 2.05) is 32.3 Å². The lowest BCUT2D eigenvalue weighted by Gasteiger charge is -2.28. The highest BCUT2D eigenvalue weighted by molar-refractivity contribution is 5.80. The van der Waals surface area contributed by atoms with E-state index < -0.39 is 5.54 Å². The topological polar surface area (TPSA) is 56.2 Å². The van der Waals surface area contributed by atoms with E-state index in [2.05, 4.69) is 10.3 Å². The van der Waals surface area contributed by atoms with E-state index in [0.717, 1.165) is 11.4 Å². The molecule has 0 spiro atoms. The zero-order valence-electron chi connectivity index (χ0n) is 11.2. The molecule has 1 aromatic rings. The van der Waals surface area contributed by atoms with Gasteiger partial charge >= 0.3 is 5.97 Å². The minimum absolute atomic E-state index is 0.259. The zero-order valence-corrected chi connectivity index (χ0v) is 11.2. The lowest BCUT2D eigenvalue weighted by molar-refractivity contribution is -0.148. The number of carbonyl (C=O) groups excluding carboxylic acids is 1. The zero-order chi connectivity index (χ0) is 13.1. The van der Waals surface area contributed by atoms with Crippen LogP contribution in [0.3, 0.4) is 0 Å². The highest BCUT2D eigenvalue weighted by Crippen LogP contribution is 2.13. The predicted octanol–water partition coefficient (Wildman–Crippen LogP) is 1.04. The van der Waals surface area contributed by atoms with Gasteiger partial charge in [-0.3, -0.25) is 0 Å². The van der Waals surface area contributed by atoms with E-state index in [0.29, 0.717) is 13.1 Å². The number of rotatable bonds is 5. The van der Waals surface area contributed by atoms with Gasteiger partial charge in [-0.1, -0.05) is 6.92 Å². The van der Waals surface area contributed by atoms with Crippen LogP contribution in [0.1, 0.15) is 25.2 Å². The smallest absolute Gasteiger partial charge is 0.327 e. The average Bonchev–Trinajstić information content (AvgIpc) is 2.60. The molecule has 0 aliphatic rings. The van der Waals surface area contributed by atoms with Crippen molar-refractivity contribution in [1.82, 2.24) is 14.9 Å². The van der Waals surface area contributed by atoms with Gasteiger partial charge in [-0.15, -0.1) is 0 Å². The van der Waals surface area contributed by atoms with E-state index in [1.165, 1.54) is 7.11 Å². The summed E-state index contributed by atoms with van der Waals surface area (Å²) in [6, 6.07) is 0. The molecule has 1 aromatic heterocycles. The molecular formula is C12H21N3O2. The first-order chi connectivity index (χ1) is 7.94. The molecule has 0 saturated carbocycles. The Balaban J connectivity index is 2.94. The molecule has 96 valence electrons. The fraction of sp³-hybridized carbons (Fsp3) is 0.667. The summed E-state index contributed by atoms with van der Waals surface area (Å²) < 4.78 is 6.82. The van der Waals surface area contributed by atoms with Crippen molar-refractivity contribution < 1.29 is 9.53 Å². The number of methoxy groups -OCH3 is 1. The van der Waals surface area contributed by atoms with Crippen LogP contribution in [0.4, 0.5) is 0 Å². The van der Waals surface area contributed by atoms with Gasteiger partial charge in [-0.25, -0.2) is 9.78 Å². The van der Waals surface area contributed by atoms with Crippen molar-refractivity contribution in [1.29, 1.82) is 0 Å². The molecule has 1 heterocycles. The van der Waals surface area contributed by atoms with E-state index in [9.17, 15) is 4.79 Å². The van der Waals surface area contributed by atoms with Crippen molar-refractivity contribution in [2.24, 2.45) is 0 Å². The van der Waals surface area contributed by atoms with Crippen molar-refractivity contribution in [2.45, 2.75) is 39.8 Å². The van der Waals surface area contributed by atoms with Gasteiger partial charge in [-0.2, -0.15) is 0 Å². The minimum Gasteiger partial charge on any atom is -0.468 e. The molecule has 0 amide bonds. The largest absolute Gasteiger partial charge is 0.468 e. The lowest BCUT2D eigenvalue weighted by atomic mass is 10.0. The van der Waals surface area contributed by atoms with Crippen LogP contribution in [0.5, 0.6) is 0 Å². The predicted molar refractivity (Wildman–Crippen MR) is 65.8 cm³/mol. The summed E-state index contributed by atoms with van der Waals surface area (Å²) >= 11 is 0. The second-order valence-electron chi connectivity index (χ2n) is 4.40. The number of esters is 1. The third kappa shape index (κ3) is 2.85. The summed E-state index contributed by atoms with van der Waals surface area (Å²) in [5, 5.41) is 3.17. The number of aromatic nitrogens is 2. The van der Waals surface area contributed by atoms with Gasteiger partial charge in [0.15, 0.2) is 0 Å². The number of nitrogens with zero attached hydrogens (tertiary/aromatic N) is 2. The van der Waals surface area contributed by atoms with Crippen LogP contribution in [0.15, 0.2) is 6.33 Å². The number of carbonyl (C=O) groups is 1. The molecule has 5 nitrogen and oxygen atoms in total. The van der Waals surface area contributed by atoms with Crippen LogP contribution >= 0.6 is 0 Å². The molecule has 0 bridgehead atoms. The molecule has 1 N–H and O–H groups in total. The number of hydrogen-bond acceptors (Lipinski definition) is 4. The quantitative estimate of drug-likeness (QED) is 0.780. The van der Waals surface area contributed by atoms with Crippen LogP contribution < -0.4 is 5.32 Å². The van der Waals surface area contributed by atoms with Gasteiger partial charge < -0.3 is 14.6 Å². The highest BCUT2D eigenvalue weighted by atomic mass is 16.5. The summed E-state index contributed by atoms with van der Waals surface area (Å²) in [7, 11) is 1.41. The number of likely N-dealkylation sites (N-methyl/N-ethyl adjacent to an activating group) is 1. The third-order valence-electron chi connectivity index (χ3n) is 3.03. The molecule has 0 aliphatic carbocycles. The van der Waals surface area contributed by atoms with Crippen LogP contribution in [0.25, 0.3) is 0 Å². The van der Waals surface area contributed by atoms with E-state index in [4.69, 9.17) is 4.74 Å². The Kier molecular flexibility index (Phi) is 4.28. The van der Waals surface area contributed by atoms with Gasteiger partial charge in [-0.05, 0) is 27.3 Å². The van der Waals surface area contributed by atoms with E-state index in [-0.39, 0.29) is 5.97 Å². The second-order valence-corrected chi connectivity index (χ2v) is 4.40. The Morgan fingerprint density at radius 1 is 1.59 bits per heavy atom. The maximum absolute atomic E-state index is 11.8. The number of aryl methyl sites for hydroxylation is 1. The number of hydrogen-bond donors (Lipinski definition) is 1. The number of imidazole rings is 1. The first-order valence-electron chi connectivity index (χ1n) is 5.76. The molecule has 0 aromatic carbocycles. The van der Waals surface area contributed by atoms with Crippen LogP contribution in [0.2, 0.25) is 0 Å². The molecular weight excluding hydrogens is 218 g/mol. The second kappa shape index (κ2) is 5.31. The normalized spacial score (nSPS) is 14.4. The van der Waals surface area contributed by atoms with Crippen molar-refractivity contribution in [3.05, 3.63) is 17.7 Å². The Morgan fingerprint density at radius 3 is 2.65 bits per heavy atom. The molecule has 5 heteroatoms. The van der Waals surface area contributed by atoms with Crippen molar-refractivity contribution in [3.63, 3.8) is 0 Å². The van der Waals surface area contributed by atoms with Gasteiger partial charge in [0.05, 0.1) is 25.7 Å². The molecule has 17 heavy (non-hydrogen) atoms. The molecule has 0 fully saturated rings. The van der Waals surface area contributed by atoms with Crippen LogP contribution in [-0.4, -0.2) is 34.7 Å². The van der Waals surface area contributed by atoms with E-state index in [1.54, 1.807) is 6.33 Å². The van der Waals surface area contributed by atoms with E-state index >= 15 is 0 Å². The first-order valence-corrected chi connectivity index (χ1v) is 5.76. The minimum atomic E-state index is -0.721. The molecule has 0 radical (unpaired) electrons. The maximum Gasteiger partial charge on any atom is 0.327 e. The number of ether oxygens (including phenoxy) is 1. The Morgan fingerprint density at radius 2 is 2.24 bits per heavy atom. The van der Waals surface area contributed by atoms with Crippen molar-refractivity contribution >= 4 is 5.97 Å². The number of nitrogens with one attached hydrogen (secondary N) is 1. The van der Waals surface area contributed by atoms with Crippen molar-refractivity contribution in [3.8, 4) is 0 Å². The van der Waals surface area contributed by atoms with Crippen LogP contribution in [0, 0.1) is 13.8 Å². The lowest BCUT2D eigenvalue weighted by Crippen LogP contribution is -2.53. The first kappa shape index (κ1) is 13.7. The average molecular weight is 239 g/mol. The van der Waals surface area contributed by atoms with Gasteiger partial charge in [0.1, 0.15) is 5.54 Å². The monoisotopic (exact) mass is 239 g/mol. The third-order valence-corrected chi connectivity index (χ3v) is 3.03. The summed E-state index contributed by atoms with van der Waals surface area (Å²) in [5.74, 6) is -0.259. The maximum atomic E-state index is 11.8. The molecule has 0 aliphatic heterocycles. The van der Waals surface area contributed by atoms with Crippen LogP contribution in [-0.2, 0) is 16.1 Å². The highest BCUT2D eigenvalue weighted by Gasteiger charge is 2.34. The summed E-state index contributed by atoms with van der Waals surface area (Å²) in [6.45, 7) is 8.98. The van der Waals surface area contributed by atoms with Crippen molar-refractivity contribution in [2.75, 3.05) is 13.7 Å². The summed E-state index contributed by atoms with van der Waals surface area (Å²) in [5.41, 5.74) is 1.33. The molecule has 1 unspecified atom stereocenters. The Labute approximate surface area is 102 Å².